The van der Waals surface area contributed by atoms with Crippen molar-refractivity contribution in [3.63, 3.8) is 0 Å². The largest absolute Gasteiger partial charge is 0.391 e. The second kappa shape index (κ2) is 8.58. The van der Waals surface area contributed by atoms with Gasteiger partial charge < -0.3 is 15.3 Å². The predicted octanol–water partition coefficient (Wildman–Crippen LogP) is 3.15. The summed E-state index contributed by atoms with van der Waals surface area (Å²) in [5.74, 6) is 2.32. The Morgan fingerprint density at radius 2 is 1.97 bits per heavy atom. The number of imidazole rings is 1. The number of rotatable bonds is 6. The molecule has 1 amide bonds. The molecule has 2 saturated carbocycles. The van der Waals surface area contributed by atoms with Crippen LogP contribution in [0, 0.1) is 12.8 Å². The fourth-order valence-corrected chi connectivity index (χ4v) is 5.42. The Labute approximate surface area is 213 Å². The summed E-state index contributed by atoms with van der Waals surface area (Å²) in [7, 11) is 0. The maximum absolute atomic E-state index is 12.9. The molecule has 0 spiro atoms. The van der Waals surface area contributed by atoms with Gasteiger partial charge in [0.2, 0.25) is 11.7 Å². The van der Waals surface area contributed by atoms with Crippen molar-refractivity contribution in [3.8, 4) is 0 Å². The van der Waals surface area contributed by atoms with Gasteiger partial charge in [-0.3, -0.25) is 14.2 Å². The summed E-state index contributed by atoms with van der Waals surface area (Å²) in [6.07, 6.45) is 12.5. The number of carbonyl (C=O) groups is 1. The smallest absolute Gasteiger partial charge is 0.234 e. The van der Waals surface area contributed by atoms with Gasteiger partial charge in [0.25, 0.3) is 0 Å². The van der Waals surface area contributed by atoms with Crippen LogP contribution in [0.1, 0.15) is 66.1 Å². The average Bonchev–Trinajstić information content (AvgIpc) is 3.81. The fourth-order valence-electron chi connectivity index (χ4n) is 5.42. The first-order valence-electron chi connectivity index (χ1n) is 12.9. The van der Waals surface area contributed by atoms with Crippen LogP contribution in [0.5, 0.6) is 0 Å². The van der Waals surface area contributed by atoms with E-state index in [9.17, 15) is 9.90 Å². The number of amides is 1. The van der Waals surface area contributed by atoms with Gasteiger partial charge in [-0.1, -0.05) is 0 Å². The minimum Gasteiger partial charge on any atom is -0.391 e. The molecule has 10 nitrogen and oxygen atoms in total. The van der Waals surface area contributed by atoms with Gasteiger partial charge in [-0.25, -0.2) is 19.9 Å². The summed E-state index contributed by atoms with van der Waals surface area (Å²) in [5.41, 5.74) is 4.19. The quantitative estimate of drug-likeness (QED) is 0.418. The number of aromatic nitrogens is 6. The highest BCUT2D eigenvalue weighted by molar-refractivity contribution is 5.94. The van der Waals surface area contributed by atoms with E-state index < -0.39 is 6.10 Å². The highest BCUT2D eigenvalue weighted by Crippen LogP contribution is 2.47. The van der Waals surface area contributed by atoms with Gasteiger partial charge in [0.05, 0.1) is 17.8 Å². The van der Waals surface area contributed by atoms with Crippen LogP contribution in [-0.4, -0.2) is 53.0 Å². The maximum atomic E-state index is 12.9. The molecule has 188 valence electrons. The Balaban J connectivity index is 1.09. The van der Waals surface area contributed by atoms with Crippen LogP contribution in [0.4, 0.5) is 11.6 Å². The van der Waals surface area contributed by atoms with Gasteiger partial charge in [-0.15, -0.1) is 0 Å². The number of aliphatic hydroxyl groups excluding tert-OH is 1. The van der Waals surface area contributed by atoms with Crippen molar-refractivity contribution in [3.05, 3.63) is 71.8 Å². The van der Waals surface area contributed by atoms with Crippen LogP contribution < -0.4 is 10.2 Å². The first-order chi connectivity index (χ1) is 18.0. The third-order valence-corrected chi connectivity index (χ3v) is 7.66. The molecule has 1 saturated heterocycles. The zero-order chi connectivity index (χ0) is 25.1. The first kappa shape index (κ1) is 22.3. The summed E-state index contributed by atoms with van der Waals surface area (Å²) in [6, 6.07) is 5.62. The van der Waals surface area contributed by atoms with Gasteiger partial charge in [-0.2, -0.15) is 0 Å². The number of fused-ring (bicyclic) bond motifs is 1. The molecule has 2 N–H and O–H groups in total. The molecular formula is C27H28N8O2. The zero-order valence-electron chi connectivity index (χ0n) is 20.5. The molecule has 5 heterocycles. The minimum absolute atomic E-state index is 0.0612. The van der Waals surface area contributed by atoms with Crippen LogP contribution in [-0.2, 0) is 4.79 Å². The molecule has 0 unspecified atom stereocenters. The number of nitrogens with zero attached hydrogens (tertiary/aromatic N) is 7. The summed E-state index contributed by atoms with van der Waals surface area (Å²) < 4.78 is 1.98. The maximum Gasteiger partial charge on any atom is 0.234 e. The van der Waals surface area contributed by atoms with Crippen molar-refractivity contribution in [1.29, 1.82) is 0 Å². The van der Waals surface area contributed by atoms with E-state index in [1.165, 1.54) is 24.7 Å². The van der Waals surface area contributed by atoms with E-state index in [0.29, 0.717) is 36.3 Å². The Kier molecular flexibility index (Phi) is 5.17. The van der Waals surface area contributed by atoms with Crippen molar-refractivity contribution < 1.29 is 9.90 Å². The van der Waals surface area contributed by atoms with Crippen LogP contribution in [0.25, 0.3) is 5.78 Å². The van der Waals surface area contributed by atoms with Gasteiger partial charge >= 0.3 is 0 Å². The molecule has 4 aromatic rings. The number of anilines is 2. The van der Waals surface area contributed by atoms with Crippen LogP contribution in [0.2, 0.25) is 0 Å². The molecule has 1 aliphatic heterocycles. The zero-order valence-corrected chi connectivity index (χ0v) is 20.5. The third kappa shape index (κ3) is 4.31. The highest BCUT2D eigenvalue weighted by Gasteiger charge is 2.45. The summed E-state index contributed by atoms with van der Waals surface area (Å²) in [6.45, 7) is 2.45. The molecule has 0 radical (unpaired) electrons. The molecular weight excluding hydrogens is 468 g/mol. The second-order valence-corrected chi connectivity index (χ2v) is 10.5. The van der Waals surface area contributed by atoms with E-state index in [-0.39, 0.29) is 23.8 Å². The minimum atomic E-state index is -0.508. The van der Waals surface area contributed by atoms with E-state index in [1.54, 1.807) is 12.3 Å². The number of hydrogen-bond donors (Lipinski definition) is 2. The normalized spacial score (nSPS) is 25.0. The number of hydrogen-bond acceptors (Lipinski definition) is 8. The third-order valence-electron chi connectivity index (χ3n) is 7.66. The molecule has 10 heteroatoms. The van der Waals surface area contributed by atoms with E-state index in [2.05, 4.69) is 31.4 Å². The lowest BCUT2D eigenvalue weighted by Crippen LogP contribution is -2.26. The predicted molar refractivity (Wildman–Crippen MR) is 136 cm³/mol. The standard InChI is InChI=1S/C27H28N8O2/c1-15-4-5-28-21(6-15)19-8-20(19)26(37)33-24-9-25(31-14-30-24)35-12-18(36)7-23(35)22-13-34-11-17(16-2-3-16)10-29-27(34)32-22/h4-6,9-11,13-14,16,18-20,23,36H,2-3,7-8,12H2,1H3,(H,30,31,33,37)/t18-,19+,20+,23+/m0/s1. The summed E-state index contributed by atoms with van der Waals surface area (Å²) in [4.78, 5) is 37.4. The Bertz CT molecular complexity index is 1500. The molecule has 0 bridgehead atoms. The van der Waals surface area contributed by atoms with Crippen molar-refractivity contribution in [2.75, 3.05) is 16.8 Å². The van der Waals surface area contributed by atoms with Crippen molar-refractivity contribution in [2.45, 2.75) is 56.6 Å². The number of aliphatic hydroxyl groups is 1. The van der Waals surface area contributed by atoms with Gasteiger partial charge in [0, 0.05) is 61.3 Å². The lowest BCUT2D eigenvalue weighted by Gasteiger charge is -2.24. The highest BCUT2D eigenvalue weighted by atomic mass is 16.3. The van der Waals surface area contributed by atoms with Crippen LogP contribution >= 0.6 is 0 Å². The number of β-amino-alcohol motifs (C(OH)–C–C–N with tert-alkyl or cyclic N) is 1. The number of pyridine rings is 1. The fraction of sp³-hybridized carbons (Fsp3) is 0.407. The van der Waals surface area contributed by atoms with Crippen molar-refractivity contribution >= 4 is 23.3 Å². The Morgan fingerprint density at radius 1 is 1.08 bits per heavy atom. The lowest BCUT2D eigenvalue weighted by molar-refractivity contribution is -0.117. The summed E-state index contributed by atoms with van der Waals surface area (Å²) in [5, 5.41) is 13.5. The van der Waals surface area contributed by atoms with E-state index >= 15 is 0 Å². The number of aryl methyl sites for hydroxylation is 1. The summed E-state index contributed by atoms with van der Waals surface area (Å²) >= 11 is 0. The lowest BCUT2D eigenvalue weighted by atomic mass is 10.1. The topological polar surface area (TPSA) is 121 Å². The molecule has 4 aromatic heterocycles. The molecule has 3 aliphatic rings. The average molecular weight is 497 g/mol. The van der Waals surface area contributed by atoms with Gasteiger partial charge in [-0.05, 0) is 55.4 Å². The van der Waals surface area contributed by atoms with E-state index in [0.717, 1.165) is 23.4 Å². The first-order valence-corrected chi connectivity index (χ1v) is 12.9. The van der Waals surface area contributed by atoms with Gasteiger partial charge in [0.15, 0.2) is 0 Å². The molecule has 3 fully saturated rings. The number of carbonyl (C=O) groups excluding carboxylic acids is 1. The van der Waals surface area contributed by atoms with E-state index in [4.69, 9.17) is 4.98 Å². The molecule has 2 aliphatic carbocycles. The van der Waals surface area contributed by atoms with E-state index in [1.807, 2.05) is 40.8 Å². The molecule has 37 heavy (non-hydrogen) atoms. The molecule has 4 atom stereocenters. The van der Waals surface area contributed by atoms with Gasteiger partial charge in [0.1, 0.15) is 18.0 Å². The SMILES string of the molecule is Cc1ccnc([C@@H]2C[C@H]2C(=O)Nc2cc(N3C[C@@H](O)C[C@@H]3c3cn4cc(C5CC5)cnc4n3)ncn2)c1. The molecule has 0 aromatic carbocycles. The number of nitrogens with one attached hydrogen (secondary N) is 1. The van der Waals surface area contributed by atoms with Crippen molar-refractivity contribution in [1.82, 2.24) is 29.3 Å². The van der Waals surface area contributed by atoms with Crippen LogP contribution in [0.15, 0.2) is 49.3 Å². The molecule has 7 rings (SSSR count). The Hall–Kier alpha value is -3.92. The monoisotopic (exact) mass is 496 g/mol. The van der Waals surface area contributed by atoms with Crippen LogP contribution in [0.3, 0.4) is 0 Å². The van der Waals surface area contributed by atoms with Crippen molar-refractivity contribution in [2.24, 2.45) is 5.92 Å². The Morgan fingerprint density at radius 3 is 2.81 bits per heavy atom. The second-order valence-electron chi connectivity index (χ2n) is 10.5.